The highest BCUT2D eigenvalue weighted by atomic mass is 32.2. The van der Waals surface area contributed by atoms with Crippen LogP contribution < -0.4 is 10.5 Å². The molecule has 1 aromatic heterocycles. The number of hydrogen-bond donors (Lipinski definition) is 2. The van der Waals surface area contributed by atoms with Crippen LogP contribution in [-0.4, -0.2) is 20.4 Å². The summed E-state index contributed by atoms with van der Waals surface area (Å²) in [6, 6.07) is 0.191. The number of nitrogens with two attached hydrogens (primary N) is 1. The first-order valence-corrected chi connectivity index (χ1v) is 9.13. The van der Waals surface area contributed by atoms with Gasteiger partial charge < -0.3 is 5.32 Å². The number of thiophene rings is 1. The first-order chi connectivity index (χ1) is 9.29. The largest absolute Gasteiger partial charge is 0.349 e. The van der Waals surface area contributed by atoms with E-state index in [0.29, 0.717) is 11.1 Å². The van der Waals surface area contributed by atoms with Crippen molar-refractivity contribution in [2.75, 3.05) is 0 Å². The predicted molar refractivity (Wildman–Crippen MR) is 79.3 cm³/mol. The van der Waals surface area contributed by atoms with Gasteiger partial charge in [-0.1, -0.05) is 6.92 Å². The highest BCUT2D eigenvalue weighted by Gasteiger charge is 2.24. The van der Waals surface area contributed by atoms with E-state index in [0.717, 1.165) is 42.9 Å². The van der Waals surface area contributed by atoms with Crippen LogP contribution in [0.25, 0.3) is 0 Å². The van der Waals surface area contributed by atoms with Gasteiger partial charge in [0.25, 0.3) is 5.91 Å². The van der Waals surface area contributed by atoms with Gasteiger partial charge in [-0.2, -0.15) is 0 Å². The monoisotopic (exact) mass is 316 g/mol. The van der Waals surface area contributed by atoms with E-state index in [9.17, 15) is 13.2 Å². The number of rotatable bonds is 3. The maximum Gasteiger partial charge on any atom is 0.252 e. The first kappa shape index (κ1) is 15.5. The highest BCUT2D eigenvalue weighted by molar-refractivity contribution is 7.91. The fourth-order valence-corrected chi connectivity index (χ4v) is 4.58. The molecule has 1 amide bonds. The highest BCUT2D eigenvalue weighted by Crippen LogP contribution is 2.27. The van der Waals surface area contributed by atoms with E-state index in [-0.39, 0.29) is 16.2 Å². The van der Waals surface area contributed by atoms with Crippen molar-refractivity contribution in [2.45, 2.75) is 49.8 Å². The van der Waals surface area contributed by atoms with Crippen molar-refractivity contribution >= 4 is 27.3 Å². The van der Waals surface area contributed by atoms with Crippen molar-refractivity contribution < 1.29 is 13.2 Å². The lowest BCUT2D eigenvalue weighted by Gasteiger charge is -2.26. The summed E-state index contributed by atoms with van der Waals surface area (Å²) in [7, 11) is -3.75. The molecule has 0 aromatic carbocycles. The van der Waals surface area contributed by atoms with E-state index in [1.807, 2.05) is 0 Å². The Balaban J connectivity index is 2.09. The smallest absolute Gasteiger partial charge is 0.252 e. The van der Waals surface area contributed by atoms with Gasteiger partial charge in [-0.25, -0.2) is 13.6 Å². The molecule has 0 spiro atoms. The van der Waals surface area contributed by atoms with E-state index in [1.165, 1.54) is 0 Å². The molecule has 1 fully saturated rings. The van der Waals surface area contributed by atoms with Crippen LogP contribution in [-0.2, 0) is 10.0 Å². The number of sulfonamides is 1. The van der Waals surface area contributed by atoms with Gasteiger partial charge in [0.2, 0.25) is 10.0 Å². The Morgan fingerprint density at radius 3 is 2.45 bits per heavy atom. The maximum atomic E-state index is 12.2. The molecule has 0 radical (unpaired) electrons. The molecular weight excluding hydrogens is 296 g/mol. The van der Waals surface area contributed by atoms with Gasteiger partial charge in [0.15, 0.2) is 0 Å². The second-order valence-electron chi connectivity index (χ2n) is 5.54. The molecule has 0 bridgehead atoms. The third-order valence-electron chi connectivity index (χ3n) is 3.85. The minimum Gasteiger partial charge on any atom is -0.349 e. The number of amides is 1. The van der Waals surface area contributed by atoms with Gasteiger partial charge >= 0.3 is 0 Å². The third-order valence-corrected chi connectivity index (χ3v) is 6.53. The van der Waals surface area contributed by atoms with Crippen LogP contribution in [0.15, 0.2) is 9.59 Å². The molecule has 1 aliphatic rings. The lowest BCUT2D eigenvalue weighted by atomic mass is 9.87. The average Bonchev–Trinajstić information content (AvgIpc) is 2.74. The summed E-state index contributed by atoms with van der Waals surface area (Å²) in [6.07, 6.45) is 4.21. The molecule has 1 aliphatic carbocycles. The number of carbonyl (C=O) groups excluding carboxylic acids is 1. The van der Waals surface area contributed by atoms with Gasteiger partial charge in [-0.15, -0.1) is 11.3 Å². The molecule has 1 saturated carbocycles. The second-order valence-corrected chi connectivity index (χ2v) is 8.17. The van der Waals surface area contributed by atoms with Gasteiger partial charge in [0.05, 0.1) is 5.56 Å². The maximum absolute atomic E-state index is 12.2. The Morgan fingerprint density at radius 1 is 1.35 bits per heavy atom. The van der Waals surface area contributed by atoms with Gasteiger partial charge in [0, 0.05) is 11.4 Å². The Morgan fingerprint density at radius 2 is 1.95 bits per heavy atom. The molecule has 5 nitrogen and oxygen atoms in total. The lowest BCUT2D eigenvalue weighted by molar-refractivity contribution is 0.0922. The van der Waals surface area contributed by atoms with E-state index < -0.39 is 10.0 Å². The summed E-state index contributed by atoms with van der Waals surface area (Å²) in [5, 5.41) is 9.68. The Kier molecular flexibility index (Phi) is 4.51. The SMILES string of the molecule is Cc1c(C(=O)NC2CCC(C)CC2)csc1S(N)(=O)=O. The molecular formula is C13H20N2O3S2. The Hall–Kier alpha value is -0.920. The van der Waals surface area contributed by atoms with E-state index in [1.54, 1.807) is 12.3 Å². The van der Waals surface area contributed by atoms with Crippen LogP contribution in [0.5, 0.6) is 0 Å². The zero-order chi connectivity index (χ0) is 14.9. The molecule has 0 aliphatic heterocycles. The summed E-state index contributed by atoms with van der Waals surface area (Å²) < 4.78 is 22.8. The minimum absolute atomic E-state index is 0.0694. The van der Waals surface area contributed by atoms with Gasteiger partial charge in [-0.3, -0.25) is 4.79 Å². The summed E-state index contributed by atoms with van der Waals surface area (Å²) in [4.78, 5) is 12.2. The molecule has 1 aromatic rings. The van der Waals surface area contributed by atoms with Gasteiger partial charge in [0.1, 0.15) is 4.21 Å². The Labute approximate surface area is 123 Å². The fraction of sp³-hybridized carbons (Fsp3) is 0.615. The molecule has 112 valence electrons. The lowest BCUT2D eigenvalue weighted by Crippen LogP contribution is -2.37. The van der Waals surface area contributed by atoms with E-state index in [4.69, 9.17) is 5.14 Å². The number of hydrogen-bond acceptors (Lipinski definition) is 4. The van der Waals surface area contributed by atoms with E-state index >= 15 is 0 Å². The summed E-state index contributed by atoms with van der Waals surface area (Å²) >= 11 is 1.00. The standard InChI is InChI=1S/C13H20N2O3S2/c1-8-3-5-10(6-4-8)15-12(16)11-7-19-13(9(11)2)20(14,17)18/h7-8,10H,3-6H2,1-2H3,(H,15,16)(H2,14,17,18). The Bertz CT molecular complexity index is 599. The number of primary sulfonamides is 1. The van der Waals surface area contributed by atoms with Crippen LogP contribution in [0, 0.1) is 12.8 Å². The average molecular weight is 316 g/mol. The van der Waals surface area contributed by atoms with Crippen LogP contribution >= 0.6 is 11.3 Å². The normalized spacial score (nSPS) is 23.6. The van der Waals surface area contributed by atoms with Crippen molar-refractivity contribution in [3.8, 4) is 0 Å². The molecule has 2 rings (SSSR count). The van der Waals surface area contributed by atoms with Crippen LogP contribution in [0.3, 0.4) is 0 Å². The molecule has 1 heterocycles. The van der Waals surface area contributed by atoms with Crippen molar-refractivity contribution in [3.05, 3.63) is 16.5 Å². The summed E-state index contributed by atoms with van der Waals surface area (Å²) in [5.41, 5.74) is 0.858. The quantitative estimate of drug-likeness (QED) is 0.894. The van der Waals surface area contributed by atoms with Crippen molar-refractivity contribution in [2.24, 2.45) is 11.1 Å². The number of carbonyl (C=O) groups is 1. The zero-order valence-corrected chi connectivity index (χ0v) is 13.3. The van der Waals surface area contributed by atoms with Gasteiger partial charge in [-0.05, 0) is 44.1 Å². The molecule has 7 heteroatoms. The predicted octanol–water partition coefficient (Wildman–Crippen LogP) is 2.01. The zero-order valence-electron chi connectivity index (χ0n) is 11.7. The summed E-state index contributed by atoms with van der Waals surface area (Å²) in [6.45, 7) is 3.84. The van der Waals surface area contributed by atoms with Crippen LogP contribution in [0.1, 0.15) is 48.5 Å². The van der Waals surface area contributed by atoms with Crippen molar-refractivity contribution in [1.29, 1.82) is 0 Å². The molecule has 0 saturated heterocycles. The second kappa shape index (κ2) is 5.83. The van der Waals surface area contributed by atoms with E-state index in [2.05, 4.69) is 12.2 Å². The molecule has 0 atom stereocenters. The fourth-order valence-electron chi connectivity index (χ4n) is 2.57. The topological polar surface area (TPSA) is 89.3 Å². The molecule has 3 N–H and O–H groups in total. The van der Waals surface area contributed by atoms with Crippen molar-refractivity contribution in [3.63, 3.8) is 0 Å². The minimum atomic E-state index is -3.75. The molecule has 0 unspecified atom stereocenters. The number of nitrogens with one attached hydrogen (secondary N) is 1. The summed E-state index contributed by atoms with van der Waals surface area (Å²) in [5.74, 6) is 0.522. The van der Waals surface area contributed by atoms with Crippen LogP contribution in [0.2, 0.25) is 0 Å². The molecule has 20 heavy (non-hydrogen) atoms. The van der Waals surface area contributed by atoms with Crippen LogP contribution in [0.4, 0.5) is 0 Å². The first-order valence-electron chi connectivity index (χ1n) is 6.70. The van der Waals surface area contributed by atoms with Crippen molar-refractivity contribution in [1.82, 2.24) is 5.32 Å². The third kappa shape index (κ3) is 3.39.